The number of hydrogen-bond donors (Lipinski definition) is 0. The molecule has 0 aromatic heterocycles. The molecule has 5 aliphatic rings. The normalized spacial score (nSPS) is 38.4. The van der Waals surface area contributed by atoms with Crippen molar-refractivity contribution in [2.75, 3.05) is 39.8 Å². The zero-order valence-corrected chi connectivity index (χ0v) is 17.9. The fraction of sp³-hybridized carbons (Fsp3) is 0.708. The number of amides is 1. The molecular formula is C24H32FN3O2. The van der Waals surface area contributed by atoms with Gasteiger partial charge in [-0.3, -0.25) is 9.69 Å². The van der Waals surface area contributed by atoms with Gasteiger partial charge in [-0.05, 0) is 63.8 Å². The summed E-state index contributed by atoms with van der Waals surface area (Å²) in [6.45, 7) is 4.27. The minimum absolute atomic E-state index is 0.00678. The van der Waals surface area contributed by atoms with E-state index >= 15 is 0 Å². The summed E-state index contributed by atoms with van der Waals surface area (Å²) in [5.41, 5.74) is 0.712. The highest BCUT2D eigenvalue weighted by Crippen LogP contribution is 2.61. The summed E-state index contributed by atoms with van der Waals surface area (Å²) in [6.07, 6.45) is 6.93. The Labute approximate surface area is 178 Å². The van der Waals surface area contributed by atoms with Gasteiger partial charge >= 0.3 is 0 Å². The van der Waals surface area contributed by atoms with Gasteiger partial charge in [-0.15, -0.1) is 0 Å². The van der Waals surface area contributed by atoms with Crippen LogP contribution in [0.25, 0.3) is 0 Å². The largest absolute Gasteiger partial charge is 0.493 e. The Kier molecular flexibility index (Phi) is 4.40. The third-order valence-corrected chi connectivity index (χ3v) is 8.87. The first-order valence-electron chi connectivity index (χ1n) is 11.7. The van der Waals surface area contributed by atoms with E-state index < -0.39 is 0 Å². The highest BCUT2D eigenvalue weighted by Gasteiger charge is 2.62. The molecule has 1 amide bonds. The van der Waals surface area contributed by atoms with E-state index in [0.717, 1.165) is 62.4 Å². The molecule has 4 heterocycles. The molecule has 1 aromatic carbocycles. The van der Waals surface area contributed by atoms with Crippen molar-refractivity contribution in [1.29, 1.82) is 0 Å². The third kappa shape index (κ3) is 2.90. The standard InChI is InChI=1S/C24H32FN3O2/c1-26-17-3-4-18(26)14-19(13-17)27-7-9-28(10-8-27)23(29)21-15-24(21)6-11-30-22-5-2-16(25)12-20(22)24/h2,5,12,17-19,21H,3-4,6-11,13-15H2,1H3/t17?,18?,19?,21-,24-/m1/s1. The van der Waals surface area contributed by atoms with E-state index in [4.69, 9.17) is 4.74 Å². The average molecular weight is 414 g/mol. The molecule has 1 saturated carbocycles. The summed E-state index contributed by atoms with van der Waals surface area (Å²) in [5, 5.41) is 0. The number of fused-ring (bicyclic) bond motifs is 4. The maximum Gasteiger partial charge on any atom is 0.226 e. The van der Waals surface area contributed by atoms with E-state index in [1.165, 1.54) is 31.7 Å². The van der Waals surface area contributed by atoms with Gasteiger partial charge < -0.3 is 14.5 Å². The van der Waals surface area contributed by atoms with Crippen molar-refractivity contribution in [1.82, 2.24) is 14.7 Å². The molecule has 30 heavy (non-hydrogen) atoms. The zero-order chi connectivity index (χ0) is 20.5. The second-order valence-corrected chi connectivity index (χ2v) is 10.2. The number of hydrogen-bond acceptors (Lipinski definition) is 4. The van der Waals surface area contributed by atoms with Gasteiger partial charge in [-0.25, -0.2) is 4.39 Å². The summed E-state index contributed by atoms with van der Waals surface area (Å²) in [4.78, 5) is 20.6. The first kappa shape index (κ1) is 19.1. The second-order valence-electron chi connectivity index (χ2n) is 10.2. The van der Waals surface area contributed by atoms with Crippen molar-refractivity contribution in [2.45, 2.75) is 62.1 Å². The van der Waals surface area contributed by atoms with E-state index in [2.05, 4.69) is 21.7 Å². The molecule has 2 bridgehead atoms. The fourth-order valence-corrected chi connectivity index (χ4v) is 6.91. The molecular weight excluding hydrogens is 381 g/mol. The molecule has 162 valence electrons. The predicted octanol–water partition coefficient (Wildman–Crippen LogP) is 2.64. The van der Waals surface area contributed by atoms with Crippen LogP contribution in [-0.2, 0) is 10.2 Å². The minimum atomic E-state index is -0.238. The van der Waals surface area contributed by atoms with Crippen LogP contribution in [0.3, 0.4) is 0 Å². The Balaban J connectivity index is 1.10. The van der Waals surface area contributed by atoms with E-state index in [9.17, 15) is 9.18 Å². The maximum atomic E-state index is 13.9. The van der Waals surface area contributed by atoms with Crippen LogP contribution >= 0.6 is 0 Å². The number of carbonyl (C=O) groups is 1. The topological polar surface area (TPSA) is 36.0 Å². The van der Waals surface area contributed by atoms with Crippen molar-refractivity contribution in [3.63, 3.8) is 0 Å². The Morgan fingerprint density at radius 2 is 1.83 bits per heavy atom. The van der Waals surface area contributed by atoms with Crippen LogP contribution in [0.4, 0.5) is 4.39 Å². The Bertz CT molecular complexity index is 841. The van der Waals surface area contributed by atoms with Crippen LogP contribution in [0, 0.1) is 11.7 Å². The predicted molar refractivity (Wildman–Crippen MR) is 112 cm³/mol. The fourth-order valence-electron chi connectivity index (χ4n) is 6.91. The van der Waals surface area contributed by atoms with Crippen molar-refractivity contribution in [3.05, 3.63) is 29.6 Å². The molecule has 4 fully saturated rings. The monoisotopic (exact) mass is 413 g/mol. The Morgan fingerprint density at radius 1 is 1.10 bits per heavy atom. The van der Waals surface area contributed by atoms with Gasteiger partial charge in [0, 0.05) is 61.2 Å². The quantitative estimate of drug-likeness (QED) is 0.747. The lowest BCUT2D eigenvalue weighted by Gasteiger charge is -2.45. The van der Waals surface area contributed by atoms with Crippen LogP contribution in [0.5, 0.6) is 5.75 Å². The summed E-state index contributed by atoms with van der Waals surface area (Å²) in [6, 6.07) is 6.97. The molecule has 1 aliphatic carbocycles. The smallest absolute Gasteiger partial charge is 0.226 e. The minimum Gasteiger partial charge on any atom is -0.493 e. The highest BCUT2D eigenvalue weighted by atomic mass is 19.1. The summed E-state index contributed by atoms with van der Waals surface area (Å²) in [5.74, 6) is 0.792. The van der Waals surface area contributed by atoms with Crippen LogP contribution in [0.1, 0.15) is 44.1 Å². The number of halogens is 1. The number of benzene rings is 1. The molecule has 6 heteroatoms. The highest BCUT2D eigenvalue weighted by molar-refractivity contribution is 5.85. The second kappa shape index (κ2) is 6.92. The molecule has 4 aliphatic heterocycles. The van der Waals surface area contributed by atoms with E-state index in [0.29, 0.717) is 12.6 Å². The molecule has 6 rings (SSSR count). The summed E-state index contributed by atoms with van der Waals surface area (Å²) in [7, 11) is 2.29. The number of nitrogens with zero attached hydrogens (tertiary/aromatic N) is 3. The average Bonchev–Trinajstić information content (AvgIpc) is 3.44. The summed E-state index contributed by atoms with van der Waals surface area (Å²) < 4.78 is 19.6. The molecule has 3 saturated heterocycles. The molecule has 5 nitrogen and oxygen atoms in total. The van der Waals surface area contributed by atoms with Crippen LogP contribution in [0.15, 0.2) is 18.2 Å². The number of piperidine rings is 1. The SMILES string of the molecule is CN1C2CCC1CC(N1CCN(C(=O)[C@H]3C[C@@]34CCOc3ccc(F)cc34)CC1)C2. The van der Waals surface area contributed by atoms with Gasteiger partial charge in [0.05, 0.1) is 6.61 Å². The van der Waals surface area contributed by atoms with Crippen molar-refractivity contribution < 1.29 is 13.9 Å². The van der Waals surface area contributed by atoms with Crippen LogP contribution < -0.4 is 4.74 Å². The van der Waals surface area contributed by atoms with E-state index in [1.807, 2.05) is 0 Å². The third-order valence-electron chi connectivity index (χ3n) is 8.87. The Hall–Kier alpha value is -1.66. The molecule has 1 spiro atoms. The molecule has 4 atom stereocenters. The number of rotatable bonds is 2. The number of carbonyl (C=O) groups excluding carboxylic acids is 1. The Morgan fingerprint density at radius 3 is 2.57 bits per heavy atom. The molecule has 2 unspecified atom stereocenters. The van der Waals surface area contributed by atoms with Gasteiger partial charge in [0.2, 0.25) is 5.91 Å². The van der Waals surface area contributed by atoms with Gasteiger partial charge in [0.25, 0.3) is 0 Å². The van der Waals surface area contributed by atoms with Crippen molar-refractivity contribution in [3.8, 4) is 5.75 Å². The first-order valence-corrected chi connectivity index (χ1v) is 11.7. The number of piperazine rings is 1. The maximum absolute atomic E-state index is 13.9. The lowest BCUT2D eigenvalue weighted by Crippen LogP contribution is -2.56. The van der Waals surface area contributed by atoms with Gasteiger partial charge in [0.15, 0.2) is 0 Å². The van der Waals surface area contributed by atoms with Crippen LogP contribution in [-0.4, -0.2) is 78.6 Å². The first-order chi connectivity index (χ1) is 14.5. The van der Waals surface area contributed by atoms with Gasteiger partial charge in [-0.2, -0.15) is 0 Å². The number of ether oxygens (including phenoxy) is 1. The lowest BCUT2D eigenvalue weighted by atomic mass is 9.87. The van der Waals surface area contributed by atoms with Crippen molar-refractivity contribution in [2.24, 2.45) is 5.92 Å². The van der Waals surface area contributed by atoms with Crippen molar-refractivity contribution >= 4 is 5.91 Å². The molecule has 1 aromatic rings. The lowest BCUT2D eigenvalue weighted by molar-refractivity contribution is -0.135. The molecule has 0 N–H and O–H groups in total. The van der Waals surface area contributed by atoms with E-state index in [-0.39, 0.29) is 23.1 Å². The molecule has 0 radical (unpaired) electrons. The van der Waals surface area contributed by atoms with Crippen LogP contribution in [0.2, 0.25) is 0 Å². The van der Waals surface area contributed by atoms with Gasteiger partial charge in [0.1, 0.15) is 11.6 Å². The van der Waals surface area contributed by atoms with Gasteiger partial charge in [-0.1, -0.05) is 0 Å². The zero-order valence-electron chi connectivity index (χ0n) is 17.9. The summed E-state index contributed by atoms with van der Waals surface area (Å²) >= 11 is 0. The van der Waals surface area contributed by atoms with E-state index in [1.54, 1.807) is 12.1 Å².